The predicted octanol–water partition coefficient (Wildman–Crippen LogP) is 4.10. The number of halogens is 1. The number of imide groups is 1. The van der Waals surface area contributed by atoms with Crippen molar-refractivity contribution < 1.29 is 18.7 Å². The van der Waals surface area contributed by atoms with Crippen molar-refractivity contribution in [2.45, 2.75) is 37.8 Å². The Morgan fingerprint density at radius 2 is 1.69 bits per heavy atom. The lowest BCUT2D eigenvalue weighted by Crippen LogP contribution is -2.47. The van der Waals surface area contributed by atoms with Gasteiger partial charge >= 0.3 is 5.69 Å². The molecule has 282 valence electrons. The van der Waals surface area contributed by atoms with Crippen LogP contribution in [0, 0.1) is 5.82 Å². The van der Waals surface area contributed by atoms with Crippen LogP contribution in [-0.4, -0.2) is 91.3 Å². The maximum absolute atomic E-state index is 14.1. The van der Waals surface area contributed by atoms with Gasteiger partial charge in [-0.25, -0.2) is 23.7 Å². The molecule has 3 aliphatic heterocycles. The molecule has 0 spiro atoms. The zero-order valence-electron chi connectivity index (χ0n) is 30.5. The van der Waals surface area contributed by atoms with Crippen molar-refractivity contribution in [1.82, 2.24) is 38.9 Å². The molecule has 0 unspecified atom stereocenters. The number of para-hydroxylation sites is 1. The summed E-state index contributed by atoms with van der Waals surface area (Å²) in [5.41, 5.74) is 4.27. The first kappa shape index (κ1) is 34.7. The Labute approximate surface area is 315 Å². The highest BCUT2D eigenvalue weighted by Gasteiger charge is 2.31. The fourth-order valence-corrected chi connectivity index (χ4v) is 8.33. The molecule has 0 aliphatic carbocycles. The number of aromatic nitrogens is 6. The maximum atomic E-state index is 14.1. The Morgan fingerprint density at radius 1 is 0.891 bits per heavy atom. The predicted molar refractivity (Wildman–Crippen MR) is 205 cm³/mol. The summed E-state index contributed by atoms with van der Waals surface area (Å²) in [7, 11) is 1.68. The number of carbonyl (C=O) groups is 2. The standard InChI is InChI=1S/C40H41FN10O4/c1-46-39-31(50(40(46)54)28-23-37(52)44-38(53)24-28)9-4-11-33(39)55-21-20-47-16-18-48(19-17-47)35-12-3-8-29(43-35)32-25-42-34-13-14-36(45-51(32)34)49-15-5-10-30(49)26-6-2-7-27(41)22-26/h2-4,6-9,11-14,22,25,28,30H,5,10,15-21,23-24H2,1H3,(H,44,52,53)/t30-/m1/s1. The van der Waals surface area contributed by atoms with Crippen LogP contribution in [-0.2, 0) is 16.6 Å². The summed E-state index contributed by atoms with van der Waals surface area (Å²) in [6.45, 7) is 5.22. The summed E-state index contributed by atoms with van der Waals surface area (Å²) in [6, 6.07) is 21.9. The van der Waals surface area contributed by atoms with E-state index in [0.717, 1.165) is 79.8 Å². The van der Waals surface area contributed by atoms with Gasteiger partial charge in [-0.2, -0.15) is 0 Å². The Kier molecular flexibility index (Phi) is 9.00. The quantitative estimate of drug-likeness (QED) is 0.216. The van der Waals surface area contributed by atoms with Gasteiger partial charge in [0.05, 0.1) is 29.5 Å². The van der Waals surface area contributed by atoms with Gasteiger partial charge in [0.15, 0.2) is 5.65 Å². The van der Waals surface area contributed by atoms with E-state index < -0.39 is 6.04 Å². The monoisotopic (exact) mass is 744 g/mol. The molecule has 4 aromatic heterocycles. The topological polar surface area (TPSA) is 135 Å². The highest BCUT2D eigenvalue weighted by Crippen LogP contribution is 2.36. The van der Waals surface area contributed by atoms with Gasteiger partial charge in [0.2, 0.25) is 11.8 Å². The number of carbonyl (C=O) groups excluding carboxylic acids is 2. The van der Waals surface area contributed by atoms with E-state index in [1.54, 1.807) is 23.7 Å². The zero-order chi connectivity index (χ0) is 37.6. The van der Waals surface area contributed by atoms with Crippen LogP contribution >= 0.6 is 0 Å². The van der Waals surface area contributed by atoms with Crippen LogP contribution in [0.1, 0.15) is 43.3 Å². The van der Waals surface area contributed by atoms with Gasteiger partial charge in [-0.05, 0) is 66.9 Å². The van der Waals surface area contributed by atoms with Crippen LogP contribution in [0.15, 0.2) is 83.8 Å². The molecule has 14 nitrogen and oxygen atoms in total. The van der Waals surface area contributed by atoms with E-state index in [4.69, 9.17) is 14.8 Å². The first-order valence-corrected chi connectivity index (χ1v) is 18.8. The molecule has 1 N–H and O–H groups in total. The molecule has 55 heavy (non-hydrogen) atoms. The van der Waals surface area contributed by atoms with Gasteiger partial charge < -0.3 is 14.5 Å². The second kappa shape index (κ2) is 14.3. The smallest absolute Gasteiger partial charge is 0.329 e. The van der Waals surface area contributed by atoms with Gasteiger partial charge in [0.1, 0.15) is 41.0 Å². The normalized spacial score (nSPS) is 18.5. The second-order valence-corrected chi connectivity index (χ2v) is 14.4. The third kappa shape index (κ3) is 6.58. The van der Waals surface area contributed by atoms with Crippen LogP contribution in [0.2, 0.25) is 0 Å². The molecule has 2 aromatic carbocycles. The first-order chi connectivity index (χ1) is 26.8. The van der Waals surface area contributed by atoms with Crippen LogP contribution in [0.4, 0.5) is 16.0 Å². The Hall–Kier alpha value is -6.09. The number of aryl methyl sites for hydroxylation is 1. The summed E-state index contributed by atoms with van der Waals surface area (Å²) in [4.78, 5) is 54.0. The SMILES string of the molecule is Cn1c(=O)n(C2CC(=O)NC(=O)C2)c2cccc(OCCN3CCN(c4cccc(-c5cnc6ccc(N7CCC[C@@H]7c7cccc(F)c7)nn56)n4)CC3)c21. The molecule has 0 saturated carbocycles. The van der Waals surface area contributed by atoms with Crippen molar-refractivity contribution in [1.29, 1.82) is 0 Å². The van der Waals surface area contributed by atoms with Crippen molar-refractivity contribution in [2.24, 2.45) is 7.05 Å². The van der Waals surface area contributed by atoms with Crippen LogP contribution in [0.5, 0.6) is 5.75 Å². The minimum atomic E-state index is -0.537. The van der Waals surface area contributed by atoms with Gasteiger partial charge in [-0.3, -0.25) is 28.9 Å². The van der Waals surface area contributed by atoms with Crippen molar-refractivity contribution in [3.63, 3.8) is 0 Å². The third-order valence-electron chi connectivity index (χ3n) is 11.0. The number of nitrogens with zero attached hydrogens (tertiary/aromatic N) is 9. The number of fused-ring (bicyclic) bond motifs is 2. The number of pyridine rings is 1. The summed E-state index contributed by atoms with van der Waals surface area (Å²) < 4.78 is 25.3. The van der Waals surface area contributed by atoms with Crippen molar-refractivity contribution in [3.05, 3.63) is 101 Å². The summed E-state index contributed by atoms with van der Waals surface area (Å²) in [6.07, 6.45) is 3.89. The van der Waals surface area contributed by atoms with Gasteiger partial charge in [0.25, 0.3) is 0 Å². The molecule has 1 atom stereocenters. The van der Waals surface area contributed by atoms with Crippen LogP contribution < -0.4 is 25.5 Å². The number of rotatable bonds is 9. The fourth-order valence-electron chi connectivity index (χ4n) is 8.33. The second-order valence-electron chi connectivity index (χ2n) is 14.4. The summed E-state index contributed by atoms with van der Waals surface area (Å²) >= 11 is 0. The number of imidazole rings is 2. The van der Waals surface area contributed by atoms with E-state index in [1.807, 2.05) is 65.3 Å². The van der Waals surface area contributed by atoms with Crippen molar-refractivity contribution >= 4 is 40.1 Å². The molecular weight excluding hydrogens is 704 g/mol. The Balaban J connectivity index is 0.850. The molecule has 0 bridgehead atoms. The maximum Gasteiger partial charge on any atom is 0.329 e. The molecule has 6 aromatic rings. The third-order valence-corrected chi connectivity index (χ3v) is 11.0. The highest BCUT2D eigenvalue weighted by atomic mass is 19.1. The first-order valence-electron chi connectivity index (χ1n) is 18.8. The van der Waals surface area contributed by atoms with E-state index in [2.05, 4.69) is 25.0 Å². The van der Waals surface area contributed by atoms with E-state index >= 15 is 0 Å². The van der Waals surface area contributed by atoms with E-state index in [0.29, 0.717) is 29.9 Å². The molecular formula is C40H41FN10O4. The fraction of sp³-hybridized carbons (Fsp3) is 0.350. The van der Waals surface area contributed by atoms with E-state index in [-0.39, 0.29) is 42.2 Å². The van der Waals surface area contributed by atoms with Gasteiger partial charge in [0, 0.05) is 59.2 Å². The number of benzene rings is 2. The highest BCUT2D eigenvalue weighted by molar-refractivity contribution is 5.98. The summed E-state index contributed by atoms with van der Waals surface area (Å²) in [5.74, 6) is 1.31. The molecule has 0 radical (unpaired) electrons. The molecule has 3 aliphatic rings. The number of ether oxygens (including phenoxy) is 1. The van der Waals surface area contributed by atoms with Crippen LogP contribution in [0.3, 0.4) is 0 Å². The number of amides is 2. The minimum absolute atomic E-state index is 0.0591. The molecule has 7 heterocycles. The molecule has 15 heteroatoms. The van der Waals surface area contributed by atoms with Gasteiger partial charge in [-0.15, -0.1) is 5.10 Å². The number of anilines is 2. The number of piperazine rings is 1. The lowest BCUT2D eigenvalue weighted by atomic mass is 10.0. The van der Waals surface area contributed by atoms with Crippen molar-refractivity contribution in [3.8, 4) is 17.1 Å². The van der Waals surface area contributed by atoms with E-state index in [1.165, 1.54) is 10.6 Å². The largest absolute Gasteiger partial charge is 0.490 e. The average Bonchev–Trinajstić information content (AvgIpc) is 3.91. The summed E-state index contributed by atoms with van der Waals surface area (Å²) in [5, 5.41) is 7.33. The number of hydrogen-bond donors (Lipinski definition) is 1. The molecule has 3 saturated heterocycles. The van der Waals surface area contributed by atoms with Gasteiger partial charge in [-0.1, -0.05) is 24.3 Å². The van der Waals surface area contributed by atoms with Crippen LogP contribution in [0.25, 0.3) is 28.1 Å². The zero-order valence-corrected chi connectivity index (χ0v) is 30.5. The molecule has 3 fully saturated rings. The molecule has 9 rings (SSSR count). The number of nitrogens with one attached hydrogen (secondary N) is 1. The lowest BCUT2D eigenvalue weighted by molar-refractivity contribution is -0.134. The Morgan fingerprint density at radius 3 is 2.51 bits per heavy atom. The Bertz CT molecular complexity index is 2470. The number of hydrogen-bond acceptors (Lipinski definition) is 10. The number of piperidine rings is 1. The average molecular weight is 745 g/mol. The van der Waals surface area contributed by atoms with Crippen molar-refractivity contribution in [2.75, 3.05) is 55.7 Å². The minimum Gasteiger partial charge on any atom is -0.490 e. The van der Waals surface area contributed by atoms with E-state index in [9.17, 15) is 18.8 Å². The molecule has 2 amide bonds. The lowest BCUT2D eigenvalue weighted by Gasteiger charge is -2.35.